The van der Waals surface area contributed by atoms with Crippen molar-refractivity contribution in [2.75, 3.05) is 4.90 Å². The van der Waals surface area contributed by atoms with E-state index in [1.165, 1.54) is 65.3 Å². The molecule has 9 aromatic carbocycles. The van der Waals surface area contributed by atoms with Crippen molar-refractivity contribution in [3.63, 3.8) is 0 Å². The minimum absolute atomic E-state index is 1.06. The lowest BCUT2D eigenvalue weighted by atomic mass is 9.85. The monoisotopic (exact) mass is 751 g/mol. The molecule has 0 aliphatic carbocycles. The lowest BCUT2D eigenvalue weighted by molar-refractivity contribution is 1.29. The zero-order valence-electron chi connectivity index (χ0n) is 32.2. The minimum atomic E-state index is 1.06. The van der Waals surface area contributed by atoms with Crippen LogP contribution in [0.2, 0.25) is 0 Å². The number of fused-ring (bicyclic) bond motifs is 4. The second-order valence-corrected chi connectivity index (χ2v) is 15.0. The lowest BCUT2D eigenvalue weighted by Gasteiger charge is -2.28. The Morgan fingerprint density at radius 1 is 0.288 bits per heavy atom. The topological polar surface area (TPSA) is 29.0 Å². The molecule has 0 fully saturated rings. The normalized spacial score (nSPS) is 11.4. The summed E-state index contributed by atoms with van der Waals surface area (Å²) in [5, 5.41) is 9.84. The van der Waals surface area contributed by atoms with Gasteiger partial charge in [0, 0.05) is 41.5 Å². The Morgan fingerprint density at radius 3 is 1.32 bits per heavy atom. The largest absolute Gasteiger partial charge is 0.310 e. The first-order valence-electron chi connectivity index (χ1n) is 20.0. The van der Waals surface area contributed by atoms with E-state index in [0.717, 1.165) is 39.3 Å². The molecule has 0 aliphatic rings. The number of rotatable bonds is 7. The van der Waals surface area contributed by atoms with Crippen molar-refractivity contribution in [2.24, 2.45) is 0 Å². The van der Waals surface area contributed by atoms with E-state index >= 15 is 0 Å². The van der Waals surface area contributed by atoms with Crippen LogP contribution < -0.4 is 4.90 Å². The van der Waals surface area contributed by atoms with Crippen molar-refractivity contribution in [1.29, 1.82) is 0 Å². The van der Waals surface area contributed by atoms with Crippen LogP contribution in [-0.4, -0.2) is 9.97 Å². The van der Waals surface area contributed by atoms with Gasteiger partial charge in [0.05, 0.1) is 5.69 Å². The molecule has 276 valence electrons. The van der Waals surface area contributed by atoms with Gasteiger partial charge in [0.1, 0.15) is 0 Å². The van der Waals surface area contributed by atoms with E-state index in [9.17, 15) is 0 Å². The third kappa shape index (κ3) is 6.08. The van der Waals surface area contributed by atoms with E-state index in [2.05, 4.69) is 215 Å². The molecule has 59 heavy (non-hydrogen) atoms. The first-order chi connectivity index (χ1) is 29.3. The molecule has 0 radical (unpaired) electrons. The first-order valence-corrected chi connectivity index (χ1v) is 20.0. The molecule has 0 atom stereocenters. The molecular weight excluding hydrogens is 715 g/mol. The molecule has 0 bridgehead atoms. The minimum Gasteiger partial charge on any atom is -0.310 e. The van der Waals surface area contributed by atoms with Gasteiger partial charge in [-0.15, -0.1) is 0 Å². The quantitative estimate of drug-likeness (QED) is 0.152. The molecule has 11 rings (SSSR count). The van der Waals surface area contributed by atoms with Crippen molar-refractivity contribution in [3.8, 4) is 44.5 Å². The van der Waals surface area contributed by atoms with Crippen LogP contribution >= 0.6 is 0 Å². The van der Waals surface area contributed by atoms with Gasteiger partial charge in [-0.05, 0) is 143 Å². The molecular formula is C56H37N3. The Hall–Kier alpha value is -7.88. The highest BCUT2D eigenvalue weighted by atomic mass is 15.1. The average Bonchev–Trinajstić information content (AvgIpc) is 3.31. The van der Waals surface area contributed by atoms with Crippen LogP contribution in [0.4, 0.5) is 17.1 Å². The summed E-state index contributed by atoms with van der Waals surface area (Å²) in [7, 11) is 0. The van der Waals surface area contributed by atoms with E-state index in [1.807, 2.05) is 24.8 Å². The number of anilines is 3. The number of pyridine rings is 2. The maximum Gasteiger partial charge on any atom is 0.0540 e. The number of nitrogens with zero attached hydrogens (tertiary/aromatic N) is 3. The summed E-state index contributed by atoms with van der Waals surface area (Å²) in [5.41, 5.74) is 12.6. The summed E-state index contributed by atoms with van der Waals surface area (Å²) in [6.07, 6.45) is 7.43. The van der Waals surface area contributed by atoms with Crippen molar-refractivity contribution in [1.82, 2.24) is 9.97 Å². The molecule has 0 N–H and O–H groups in total. The lowest BCUT2D eigenvalue weighted by Crippen LogP contribution is -2.11. The van der Waals surface area contributed by atoms with Gasteiger partial charge < -0.3 is 4.90 Å². The Bertz CT molecular complexity index is 3200. The van der Waals surface area contributed by atoms with Gasteiger partial charge in [0.25, 0.3) is 0 Å². The van der Waals surface area contributed by atoms with Gasteiger partial charge in [0.2, 0.25) is 0 Å². The van der Waals surface area contributed by atoms with E-state index in [1.54, 1.807) is 0 Å². The van der Waals surface area contributed by atoms with Crippen LogP contribution in [-0.2, 0) is 0 Å². The Morgan fingerprint density at radius 2 is 0.746 bits per heavy atom. The zero-order valence-corrected chi connectivity index (χ0v) is 32.2. The Kier molecular flexibility index (Phi) is 8.49. The number of benzene rings is 9. The van der Waals surface area contributed by atoms with Crippen LogP contribution in [0.25, 0.3) is 87.6 Å². The maximum atomic E-state index is 4.32. The zero-order chi connectivity index (χ0) is 39.1. The van der Waals surface area contributed by atoms with Crippen LogP contribution in [0.1, 0.15) is 0 Å². The van der Waals surface area contributed by atoms with Crippen molar-refractivity contribution in [3.05, 3.63) is 225 Å². The van der Waals surface area contributed by atoms with E-state index < -0.39 is 0 Å². The van der Waals surface area contributed by atoms with Crippen LogP contribution in [0, 0.1) is 0 Å². The molecule has 11 aromatic rings. The molecule has 3 nitrogen and oxygen atoms in total. The van der Waals surface area contributed by atoms with Gasteiger partial charge in [0.15, 0.2) is 0 Å². The van der Waals surface area contributed by atoms with E-state index in [0.29, 0.717) is 0 Å². The summed E-state index contributed by atoms with van der Waals surface area (Å²) >= 11 is 0. The summed E-state index contributed by atoms with van der Waals surface area (Å²) < 4.78 is 0. The molecule has 3 heteroatoms. The van der Waals surface area contributed by atoms with E-state index in [-0.39, 0.29) is 0 Å². The third-order valence-corrected chi connectivity index (χ3v) is 11.6. The van der Waals surface area contributed by atoms with Crippen molar-refractivity contribution >= 4 is 60.2 Å². The smallest absolute Gasteiger partial charge is 0.0540 e. The molecule has 0 unspecified atom stereocenters. The standard InChI is InChI=1S/C56H37N3/c1-3-15-47-40(11-1)13-9-21-49(47)56-52-19-7-5-17-50(52)55(51-18-6-8-20-53(51)56)42-23-25-45(26-24-42)59(54-22-10-14-41-12-2-4-16-48(41)54)46-36-43(38-27-31-57-32-28-38)35-44(37-46)39-29-33-58-34-30-39/h1-37H. The number of hydrogen-bond acceptors (Lipinski definition) is 3. The van der Waals surface area contributed by atoms with E-state index in [4.69, 9.17) is 0 Å². The predicted molar refractivity (Wildman–Crippen MR) is 248 cm³/mol. The fourth-order valence-corrected chi connectivity index (χ4v) is 8.94. The molecule has 0 saturated heterocycles. The van der Waals surface area contributed by atoms with Gasteiger partial charge in [-0.3, -0.25) is 9.97 Å². The molecule has 2 heterocycles. The highest BCUT2D eigenvalue weighted by molar-refractivity contribution is 6.23. The van der Waals surface area contributed by atoms with Crippen molar-refractivity contribution in [2.45, 2.75) is 0 Å². The SMILES string of the molecule is c1ccc2c(-c3c4ccccc4c(-c4ccc(N(c5cc(-c6ccncc6)cc(-c6ccncc6)c5)c5cccc6ccccc56)cc4)c4ccccc34)cccc2c1. The second kappa shape index (κ2) is 14.6. The van der Waals surface area contributed by atoms with Gasteiger partial charge >= 0.3 is 0 Å². The number of hydrogen-bond donors (Lipinski definition) is 0. The average molecular weight is 752 g/mol. The molecule has 0 saturated carbocycles. The van der Waals surface area contributed by atoms with Gasteiger partial charge in [-0.1, -0.05) is 140 Å². The summed E-state index contributed by atoms with van der Waals surface area (Å²) in [5.74, 6) is 0. The summed E-state index contributed by atoms with van der Waals surface area (Å²) in [4.78, 5) is 11.0. The van der Waals surface area contributed by atoms with Crippen LogP contribution in [0.5, 0.6) is 0 Å². The van der Waals surface area contributed by atoms with Crippen LogP contribution in [0.15, 0.2) is 225 Å². The predicted octanol–water partition coefficient (Wildman–Crippen LogP) is 15.2. The number of aromatic nitrogens is 2. The highest BCUT2D eigenvalue weighted by Gasteiger charge is 2.21. The van der Waals surface area contributed by atoms with Gasteiger partial charge in [-0.25, -0.2) is 0 Å². The highest BCUT2D eigenvalue weighted by Crippen LogP contribution is 2.47. The molecule has 2 aromatic heterocycles. The van der Waals surface area contributed by atoms with Crippen LogP contribution in [0.3, 0.4) is 0 Å². The summed E-state index contributed by atoms with van der Waals surface area (Å²) in [6.45, 7) is 0. The Labute approximate surface area is 343 Å². The van der Waals surface area contributed by atoms with Gasteiger partial charge in [-0.2, -0.15) is 0 Å². The molecule has 0 amide bonds. The molecule has 0 spiro atoms. The Balaban J connectivity index is 1.13. The second-order valence-electron chi connectivity index (χ2n) is 15.0. The fraction of sp³-hybridized carbons (Fsp3) is 0. The first kappa shape index (κ1) is 34.4. The maximum absolute atomic E-state index is 4.32. The van der Waals surface area contributed by atoms with Crippen molar-refractivity contribution < 1.29 is 0 Å². The summed E-state index contributed by atoms with van der Waals surface area (Å²) in [6, 6.07) is 72.7. The third-order valence-electron chi connectivity index (χ3n) is 11.6. The fourth-order valence-electron chi connectivity index (χ4n) is 8.94. The molecule has 0 aliphatic heterocycles.